The third kappa shape index (κ3) is 2.58. The Kier molecular flexibility index (Phi) is 3.77. The first-order valence-electron chi connectivity index (χ1n) is 8.60. The van der Waals surface area contributed by atoms with Gasteiger partial charge in [-0.1, -0.05) is 61.0 Å². The van der Waals surface area contributed by atoms with E-state index in [1.54, 1.807) is 0 Å². The van der Waals surface area contributed by atoms with Gasteiger partial charge in [0.25, 0.3) is 0 Å². The fourth-order valence-corrected chi connectivity index (χ4v) is 6.84. The molecule has 2 bridgehead atoms. The van der Waals surface area contributed by atoms with Crippen molar-refractivity contribution in [3.63, 3.8) is 0 Å². The first-order chi connectivity index (χ1) is 11.5. The van der Waals surface area contributed by atoms with Gasteiger partial charge >= 0.3 is 0 Å². The van der Waals surface area contributed by atoms with Gasteiger partial charge in [0.2, 0.25) is 0 Å². The van der Waals surface area contributed by atoms with Gasteiger partial charge in [-0.2, -0.15) is 0 Å². The van der Waals surface area contributed by atoms with Gasteiger partial charge in [-0.15, -0.1) is 0 Å². The summed E-state index contributed by atoms with van der Waals surface area (Å²) in [5.74, 6) is 0. The molecule has 4 rings (SSSR count). The van der Waals surface area contributed by atoms with Crippen LogP contribution in [0, 0.1) is 0 Å². The van der Waals surface area contributed by atoms with Gasteiger partial charge in [0.1, 0.15) is 0 Å². The van der Waals surface area contributed by atoms with Gasteiger partial charge in [-0.3, -0.25) is 0 Å². The summed E-state index contributed by atoms with van der Waals surface area (Å²) in [7, 11) is -3.06. The van der Waals surface area contributed by atoms with E-state index in [9.17, 15) is 13.5 Å². The maximum atomic E-state index is 12.4. The molecule has 3 nitrogen and oxygen atoms in total. The van der Waals surface area contributed by atoms with E-state index in [1.807, 2.05) is 42.5 Å². The van der Waals surface area contributed by atoms with Crippen LogP contribution in [0.2, 0.25) is 0 Å². The highest BCUT2D eigenvalue weighted by atomic mass is 32.2. The Morgan fingerprint density at radius 2 is 1.38 bits per heavy atom. The largest absolute Gasteiger partial charge is 0.385 e. The molecule has 1 N–H and O–H groups in total. The molecule has 24 heavy (non-hydrogen) atoms. The zero-order chi connectivity index (χ0) is 16.8. The third-order valence-electron chi connectivity index (χ3n) is 5.64. The molecule has 2 unspecified atom stereocenters. The van der Waals surface area contributed by atoms with Gasteiger partial charge in [0, 0.05) is 0 Å². The van der Waals surface area contributed by atoms with Crippen molar-refractivity contribution < 1.29 is 13.5 Å². The van der Waals surface area contributed by atoms with Crippen molar-refractivity contribution in [1.29, 1.82) is 0 Å². The van der Waals surface area contributed by atoms with Gasteiger partial charge in [0.05, 0.1) is 16.1 Å². The predicted octanol–water partition coefficient (Wildman–Crippen LogP) is 3.67. The summed E-state index contributed by atoms with van der Waals surface area (Å²) in [6, 6.07) is 18.0. The number of hydrogen-bond acceptors (Lipinski definition) is 3. The zero-order valence-corrected chi connectivity index (χ0v) is 14.4. The lowest BCUT2D eigenvalue weighted by molar-refractivity contribution is 0.00502. The fraction of sp³-hybridized carbons (Fsp3) is 0.400. The van der Waals surface area contributed by atoms with Crippen LogP contribution in [0.5, 0.6) is 0 Å². The van der Waals surface area contributed by atoms with Crippen LogP contribution in [-0.2, 0) is 15.4 Å². The average Bonchev–Trinajstić information content (AvgIpc) is 2.57. The molecular formula is C20H22O3S. The van der Waals surface area contributed by atoms with E-state index in [2.05, 4.69) is 12.1 Å². The summed E-state index contributed by atoms with van der Waals surface area (Å²) in [6.45, 7) is 0. The Labute approximate surface area is 143 Å². The highest BCUT2D eigenvalue weighted by Gasteiger charge is 2.50. The molecule has 2 aliphatic heterocycles. The van der Waals surface area contributed by atoms with Crippen molar-refractivity contribution in [3.8, 4) is 11.1 Å². The Hall–Kier alpha value is -1.65. The van der Waals surface area contributed by atoms with Crippen molar-refractivity contribution in [2.45, 2.75) is 48.2 Å². The minimum absolute atomic E-state index is 0.330. The lowest BCUT2D eigenvalue weighted by Gasteiger charge is -2.44. The molecule has 2 heterocycles. The molecule has 2 aromatic carbocycles. The molecule has 0 saturated carbocycles. The van der Waals surface area contributed by atoms with E-state index in [0.29, 0.717) is 25.7 Å². The monoisotopic (exact) mass is 342 g/mol. The predicted molar refractivity (Wildman–Crippen MR) is 95.4 cm³/mol. The SMILES string of the molecule is O=S1(=O)C2CCCC1CC(O)(c1ccc(-c3ccccc3)cc1)C2. The molecule has 0 radical (unpaired) electrons. The second-order valence-electron chi connectivity index (χ2n) is 7.15. The Balaban J connectivity index is 1.64. The Bertz CT molecular complexity index is 805. The normalized spacial score (nSPS) is 31.5. The zero-order valence-electron chi connectivity index (χ0n) is 13.6. The Morgan fingerprint density at radius 3 is 1.96 bits per heavy atom. The lowest BCUT2D eigenvalue weighted by atomic mass is 9.80. The van der Waals surface area contributed by atoms with E-state index in [0.717, 1.165) is 23.1 Å². The van der Waals surface area contributed by atoms with Gasteiger partial charge < -0.3 is 5.11 Å². The van der Waals surface area contributed by atoms with Crippen LogP contribution >= 0.6 is 0 Å². The second-order valence-corrected chi connectivity index (χ2v) is 9.66. The van der Waals surface area contributed by atoms with E-state index < -0.39 is 15.4 Å². The summed E-state index contributed by atoms with van der Waals surface area (Å²) in [5, 5.41) is 10.4. The molecule has 2 saturated heterocycles. The minimum atomic E-state index is -3.06. The second kappa shape index (κ2) is 5.71. The lowest BCUT2D eigenvalue weighted by Crippen LogP contribution is -2.50. The van der Waals surface area contributed by atoms with Crippen LogP contribution in [-0.4, -0.2) is 24.0 Å². The highest BCUT2D eigenvalue weighted by Crippen LogP contribution is 2.46. The van der Waals surface area contributed by atoms with Gasteiger partial charge in [-0.25, -0.2) is 8.42 Å². The summed E-state index contributed by atoms with van der Waals surface area (Å²) in [6.07, 6.45) is 2.98. The standard InChI is InChI=1S/C20H22O3S/c21-20(13-18-7-4-8-19(14-20)24(18,22)23)17-11-9-16(10-12-17)15-5-2-1-3-6-15/h1-3,5-6,9-12,18-19,21H,4,7-8,13-14H2. The minimum Gasteiger partial charge on any atom is -0.385 e. The molecule has 2 aliphatic rings. The number of sulfone groups is 1. The van der Waals surface area contributed by atoms with E-state index >= 15 is 0 Å². The molecule has 0 amide bonds. The molecule has 4 heteroatoms. The molecule has 2 atom stereocenters. The molecule has 0 spiro atoms. The van der Waals surface area contributed by atoms with Gasteiger partial charge in [0.15, 0.2) is 9.84 Å². The summed E-state index contributed by atoms with van der Waals surface area (Å²) in [5.41, 5.74) is 2.07. The number of rotatable bonds is 2. The third-order valence-corrected chi connectivity index (χ3v) is 8.30. The van der Waals surface area contributed by atoms with Crippen LogP contribution in [0.15, 0.2) is 54.6 Å². The van der Waals surface area contributed by atoms with E-state index in [-0.39, 0.29) is 10.5 Å². The van der Waals surface area contributed by atoms with Crippen molar-refractivity contribution >= 4 is 9.84 Å². The number of benzene rings is 2. The van der Waals surface area contributed by atoms with Crippen LogP contribution in [0.3, 0.4) is 0 Å². The van der Waals surface area contributed by atoms with Crippen molar-refractivity contribution in [1.82, 2.24) is 0 Å². The summed E-state index contributed by atoms with van der Waals surface area (Å²) < 4.78 is 24.9. The number of fused-ring (bicyclic) bond motifs is 2. The van der Waals surface area contributed by atoms with Crippen molar-refractivity contribution in [2.75, 3.05) is 0 Å². The van der Waals surface area contributed by atoms with E-state index in [1.165, 1.54) is 0 Å². The first-order valence-corrected chi connectivity index (χ1v) is 10.2. The van der Waals surface area contributed by atoms with Gasteiger partial charge in [-0.05, 0) is 42.4 Å². The maximum absolute atomic E-state index is 12.4. The molecular weight excluding hydrogens is 320 g/mol. The van der Waals surface area contributed by atoms with Crippen LogP contribution in [0.1, 0.15) is 37.7 Å². The van der Waals surface area contributed by atoms with Crippen LogP contribution < -0.4 is 0 Å². The summed E-state index contributed by atoms with van der Waals surface area (Å²) in [4.78, 5) is 0. The molecule has 2 fully saturated rings. The highest BCUT2D eigenvalue weighted by molar-refractivity contribution is 7.92. The van der Waals surface area contributed by atoms with Crippen molar-refractivity contribution in [2.24, 2.45) is 0 Å². The van der Waals surface area contributed by atoms with Crippen molar-refractivity contribution in [3.05, 3.63) is 60.2 Å². The molecule has 0 aromatic heterocycles. The smallest absolute Gasteiger partial charge is 0.156 e. The van der Waals surface area contributed by atoms with Crippen LogP contribution in [0.4, 0.5) is 0 Å². The van der Waals surface area contributed by atoms with Crippen LogP contribution in [0.25, 0.3) is 11.1 Å². The first kappa shape index (κ1) is 15.9. The fourth-order valence-electron chi connectivity index (χ4n) is 4.29. The number of aliphatic hydroxyl groups is 1. The molecule has 126 valence electrons. The molecule has 0 aliphatic carbocycles. The quantitative estimate of drug-likeness (QED) is 0.906. The number of hydrogen-bond donors (Lipinski definition) is 1. The Morgan fingerprint density at radius 1 is 0.833 bits per heavy atom. The topological polar surface area (TPSA) is 54.4 Å². The average molecular weight is 342 g/mol. The maximum Gasteiger partial charge on any atom is 0.156 e. The molecule has 2 aromatic rings. The van der Waals surface area contributed by atoms with E-state index in [4.69, 9.17) is 0 Å². The summed E-state index contributed by atoms with van der Waals surface area (Å²) >= 11 is 0.